The Morgan fingerprint density at radius 2 is 1.91 bits per heavy atom. The molecule has 1 rings (SSSR count). The van der Waals surface area contributed by atoms with E-state index in [0.29, 0.717) is 6.42 Å². The summed E-state index contributed by atoms with van der Waals surface area (Å²) < 4.78 is 21.4. The second-order valence-electron chi connectivity index (χ2n) is 3.96. The molecule has 0 atom stereocenters. The highest BCUT2D eigenvalue weighted by Crippen LogP contribution is 2.26. The normalized spacial score (nSPS) is 24.6. The first-order chi connectivity index (χ1) is 4.79. The van der Waals surface area contributed by atoms with Crippen molar-refractivity contribution in [3.63, 3.8) is 0 Å². The van der Waals surface area contributed by atoms with Crippen molar-refractivity contribution in [2.75, 3.05) is 11.5 Å². The lowest BCUT2D eigenvalue weighted by Crippen LogP contribution is -2.40. The van der Waals surface area contributed by atoms with Crippen molar-refractivity contribution in [2.45, 2.75) is 25.9 Å². The number of sulfone groups is 1. The van der Waals surface area contributed by atoms with E-state index in [9.17, 15) is 13.5 Å². The molecule has 0 saturated carbocycles. The molecule has 11 heavy (non-hydrogen) atoms. The fraction of sp³-hybridized carbons (Fsp3) is 1.00. The van der Waals surface area contributed by atoms with E-state index in [0.717, 1.165) is 0 Å². The molecule has 0 aromatic carbocycles. The van der Waals surface area contributed by atoms with Gasteiger partial charge in [0.25, 0.3) is 0 Å². The van der Waals surface area contributed by atoms with Crippen molar-refractivity contribution in [3.8, 4) is 0 Å². The minimum absolute atomic E-state index is 0.181. The Morgan fingerprint density at radius 1 is 1.45 bits per heavy atom. The van der Waals surface area contributed by atoms with Crippen LogP contribution in [0.25, 0.3) is 0 Å². The van der Waals surface area contributed by atoms with Crippen LogP contribution in [0.15, 0.2) is 0 Å². The maximum absolute atomic E-state index is 10.7. The van der Waals surface area contributed by atoms with E-state index in [4.69, 9.17) is 0 Å². The zero-order chi connectivity index (χ0) is 8.70. The van der Waals surface area contributed by atoms with Crippen LogP contribution < -0.4 is 0 Å². The summed E-state index contributed by atoms with van der Waals surface area (Å²) >= 11 is 0. The molecule has 66 valence electrons. The molecule has 1 N–H and O–H groups in total. The molecule has 0 unspecified atom stereocenters. The van der Waals surface area contributed by atoms with E-state index in [1.165, 1.54) is 0 Å². The molecular formula is C7H14O3S. The molecule has 1 heterocycles. The van der Waals surface area contributed by atoms with Crippen LogP contribution in [0.1, 0.15) is 20.3 Å². The summed E-state index contributed by atoms with van der Waals surface area (Å²) in [6.45, 7) is 3.41. The summed E-state index contributed by atoms with van der Waals surface area (Å²) in [5.41, 5.74) is -0.722. The summed E-state index contributed by atoms with van der Waals surface area (Å²) in [7, 11) is -2.71. The first-order valence-electron chi connectivity index (χ1n) is 3.71. The summed E-state index contributed by atoms with van der Waals surface area (Å²) in [5.74, 6) is 0.702. The van der Waals surface area contributed by atoms with Crippen LogP contribution in [0.4, 0.5) is 0 Å². The molecule has 0 aromatic rings. The quantitative estimate of drug-likeness (QED) is 0.657. The van der Waals surface area contributed by atoms with Gasteiger partial charge < -0.3 is 5.11 Å². The fourth-order valence-electron chi connectivity index (χ4n) is 1.49. The van der Waals surface area contributed by atoms with Gasteiger partial charge in [0.15, 0.2) is 9.84 Å². The molecule has 0 amide bonds. The summed E-state index contributed by atoms with van der Waals surface area (Å²) in [5, 5.41) is 9.33. The molecule has 1 fully saturated rings. The van der Waals surface area contributed by atoms with E-state index in [-0.39, 0.29) is 17.4 Å². The zero-order valence-electron chi connectivity index (χ0n) is 6.87. The van der Waals surface area contributed by atoms with Gasteiger partial charge in [0.2, 0.25) is 0 Å². The predicted molar refractivity (Wildman–Crippen MR) is 43.1 cm³/mol. The fourth-order valence-corrected chi connectivity index (χ4v) is 3.07. The van der Waals surface area contributed by atoms with Crippen LogP contribution >= 0.6 is 0 Å². The summed E-state index contributed by atoms with van der Waals surface area (Å²) in [6.07, 6.45) is 0.590. The molecule has 1 saturated heterocycles. The van der Waals surface area contributed by atoms with Crippen molar-refractivity contribution in [3.05, 3.63) is 0 Å². The second-order valence-corrected chi connectivity index (χ2v) is 6.11. The second kappa shape index (κ2) is 2.45. The minimum atomic E-state index is -2.71. The third kappa shape index (κ3) is 2.79. The Labute approximate surface area is 67.3 Å². The van der Waals surface area contributed by atoms with Crippen LogP contribution in [-0.4, -0.2) is 30.6 Å². The summed E-state index contributed by atoms with van der Waals surface area (Å²) in [4.78, 5) is 0. The van der Waals surface area contributed by atoms with Crippen molar-refractivity contribution in [2.24, 2.45) is 5.92 Å². The van der Waals surface area contributed by atoms with Crippen LogP contribution in [0.5, 0.6) is 0 Å². The van der Waals surface area contributed by atoms with Gasteiger partial charge in [-0.25, -0.2) is 8.42 Å². The summed E-state index contributed by atoms with van der Waals surface area (Å²) in [6, 6.07) is 0. The highest BCUT2D eigenvalue weighted by Gasteiger charge is 2.36. The van der Waals surface area contributed by atoms with E-state index < -0.39 is 15.4 Å². The molecule has 0 aliphatic carbocycles. The Bertz CT molecular complexity index is 223. The lowest BCUT2D eigenvalue weighted by molar-refractivity contribution is 0.0568. The third-order valence-corrected chi connectivity index (χ3v) is 3.73. The Hall–Kier alpha value is -0.0900. The van der Waals surface area contributed by atoms with Gasteiger partial charge in [-0.3, -0.25) is 0 Å². The Balaban J connectivity index is 2.36. The van der Waals surface area contributed by atoms with Crippen LogP contribution in [-0.2, 0) is 9.84 Å². The average Bonchev–Trinajstić information content (AvgIpc) is 1.53. The maximum Gasteiger partial charge on any atom is 0.150 e. The third-order valence-electron chi connectivity index (χ3n) is 1.77. The van der Waals surface area contributed by atoms with Crippen molar-refractivity contribution in [1.82, 2.24) is 0 Å². The van der Waals surface area contributed by atoms with Gasteiger partial charge in [-0.1, -0.05) is 0 Å². The molecule has 0 aromatic heterocycles. The van der Waals surface area contributed by atoms with E-state index in [1.54, 1.807) is 13.8 Å². The van der Waals surface area contributed by atoms with Crippen molar-refractivity contribution in [1.29, 1.82) is 0 Å². The topological polar surface area (TPSA) is 54.4 Å². The first-order valence-corrected chi connectivity index (χ1v) is 5.53. The van der Waals surface area contributed by atoms with Crippen LogP contribution in [0.3, 0.4) is 0 Å². The number of hydrogen-bond acceptors (Lipinski definition) is 3. The molecule has 3 nitrogen and oxygen atoms in total. The monoisotopic (exact) mass is 178 g/mol. The highest BCUT2D eigenvalue weighted by molar-refractivity contribution is 7.92. The molecule has 0 spiro atoms. The Kier molecular flexibility index (Phi) is 2.01. The molecule has 0 bridgehead atoms. The highest BCUT2D eigenvalue weighted by atomic mass is 32.2. The number of rotatable bonds is 2. The molecule has 1 aliphatic heterocycles. The average molecular weight is 178 g/mol. The van der Waals surface area contributed by atoms with E-state index in [1.807, 2.05) is 0 Å². The standard InChI is InChI=1S/C7H14O3S/c1-7(2,8)3-6-4-11(9,10)5-6/h6,8H,3-5H2,1-2H3. The molecule has 4 heteroatoms. The first kappa shape index (κ1) is 9.00. The minimum Gasteiger partial charge on any atom is -0.390 e. The number of aliphatic hydroxyl groups is 1. The van der Waals surface area contributed by atoms with Gasteiger partial charge in [0.1, 0.15) is 0 Å². The molecular weight excluding hydrogens is 164 g/mol. The van der Waals surface area contributed by atoms with Crippen LogP contribution in [0, 0.1) is 5.92 Å². The van der Waals surface area contributed by atoms with Gasteiger partial charge in [-0.2, -0.15) is 0 Å². The smallest absolute Gasteiger partial charge is 0.150 e. The lowest BCUT2D eigenvalue weighted by Gasteiger charge is -2.30. The van der Waals surface area contributed by atoms with Gasteiger partial charge in [-0.05, 0) is 26.2 Å². The lowest BCUT2D eigenvalue weighted by atomic mass is 9.96. The van der Waals surface area contributed by atoms with Gasteiger partial charge in [0, 0.05) is 0 Å². The molecule has 1 aliphatic rings. The molecule has 0 radical (unpaired) electrons. The largest absolute Gasteiger partial charge is 0.390 e. The SMILES string of the molecule is CC(C)(O)CC1CS(=O)(=O)C1. The van der Waals surface area contributed by atoms with Crippen LogP contribution in [0.2, 0.25) is 0 Å². The van der Waals surface area contributed by atoms with Gasteiger partial charge in [-0.15, -0.1) is 0 Å². The van der Waals surface area contributed by atoms with Crippen molar-refractivity contribution >= 4 is 9.84 Å². The maximum atomic E-state index is 10.7. The van der Waals surface area contributed by atoms with Crippen molar-refractivity contribution < 1.29 is 13.5 Å². The van der Waals surface area contributed by atoms with E-state index in [2.05, 4.69) is 0 Å². The predicted octanol–water partition coefficient (Wildman–Crippen LogP) is 0.192. The van der Waals surface area contributed by atoms with Gasteiger partial charge in [0.05, 0.1) is 17.1 Å². The van der Waals surface area contributed by atoms with E-state index >= 15 is 0 Å². The Morgan fingerprint density at radius 3 is 2.18 bits per heavy atom. The zero-order valence-corrected chi connectivity index (χ0v) is 7.69. The number of hydrogen-bond donors (Lipinski definition) is 1. The van der Waals surface area contributed by atoms with Gasteiger partial charge >= 0.3 is 0 Å².